The SMILES string of the molecule is CCOc1ccc([C@H]2CC(=O)N3CN(c4cccc(C)c4)CSC3=C2C#N)cc1. The molecule has 2 aromatic rings. The summed E-state index contributed by atoms with van der Waals surface area (Å²) in [5, 5.41) is 10.7. The molecule has 0 bridgehead atoms. The summed E-state index contributed by atoms with van der Waals surface area (Å²) in [7, 11) is 0. The van der Waals surface area contributed by atoms with Gasteiger partial charge in [-0.2, -0.15) is 5.26 Å². The van der Waals surface area contributed by atoms with Gasteiger partial charge in [-0.05, 0) is 49.2 Å². The van der Waals surface area contributed by atoms with Gasteiger partial charge in [-0.3, -0.25) is 9.69 Å². The van der Waals surface area contributed by atoms with Gasteiger partial charge in [0, 0.05) is 18.0 Å². The quantitative estimate of drug-likeness (QED) is 0.743. The molecule has 2 aromatic carbocycles. The number of rotatable bonds is 4. The van der Waals surface area contributed by atoms with Crippen LogP contribution in [0.3, 0.4) is 0 Å². The first-order valence-electron chi connectivity index (χ1n) is 9.72. The fourth-order valence-electron chi connectivity index (χ4n) is 3.80. The lowest BCUT2D eigenvalue weighted by Gasteiger charge is -2.42. The molecule has 1 saturated heterocycles. The van der Waals surface area contributed by atoms with Gasteiger partial charge in [-0.15, -0.1) is 0 Å². The first kappa shape index (κ1) is 19.4. The second-order valence-corrected chi connectivity index (χ2v) is 8.14. The topological polar surface area (TPSA) is 56.6 Å². The molecule has 0 unspecified atom stereocenters. The summed E-state index contributed by atoms with van der Waals surface area (Å²) in [5.74, 6) is 1.37. The number of carbonyl (C=O) groups excluding carboxylic acids is 1. The Morgan fingerprint density at radius 3 is 2.72 bits per heavy atom. The number of amides is 1. The molecule has 1 fully saturated rings. The van der Waals surface area contributed by atoms with Crippen molar-refractivity contribution in [3.05, 3.63) is 70.3 Å². The monoisotopic (exact) mass is 405 g/mol. The molecule has 0 N–H and O–H groups in total. The second-order valence-electron chi connectivity index (χ2n) is 7.20. The third-order valence-corrected chi connectivity index (χ3v) is 6.41. The van der Waals surface area contributed by atoms with E-state index in [4.69, 9.17) is 4.74 Å². The Labute approximate surface area is 175 Å². The van der Waals surface area contributed by atoms with E-state index in [0.29, 0.717) is 31.1 Å². The molecule has 2 heterocycles. The molecule has 4 rings (SSSR count). The van der Waals surface area contributed by atoms with Crippen LogP contribution < -0.4 is 9.64 Å². The highest BCUT2D eigenvalue weighted by Crippen LogP contribution is 2.43. The molecule has 0 aliphatic carbocycles. The number of allylic oxidation sites excluding steroid dienone is 1. The van der Waals surface area contributed by atoms with Crippen molar-refractivity contribution in [1.82, 2.24) is 4.90 Å². The molecular weight excluding hydrogens is 382 g/mol. The number of benzene rings is 2. The minimum absolute atomic E-state index is 0.0581. The first-order valence-corrected chi connectivity index (χ1v) is 10.7. The fourth-order valence-corrected chi connectivity index (χ4v) is 4.97. The van der Waals surface area contributed by atoms with Gasteiger partial charge in [0.1, 0.15) is 5.75 Å². The van der Waals surface area contributed by atoms with Crippen molar-refractivity contribution in [3.8, 4) is 11.8 Å². The van der Waals surface area contributed by atoms with Crippen LogP contribution in [0.4, 0.5) is 5.69 Å². The van der Waals surface area contributed by atoms with Gasteiger partial charge in [-0.1, -0.05) is 36.0 Å². The molecule has 0 saturated carbocycles. The van der Waals surface area contributed by atoms with Crippen LogP contribution in [0, 0.1) is 18.3 Å². The number of aryl methyl sites for hydroxylation is 1. The van der Waals surface area contributed by atoms with E-state index in [0.717, 1.165) is 22.0 Å². The minimum atomic E-state index is -0.201. The lowest BCUT2D eigenvalue weighted by Crippen LogP contribution is -2.47. The molecule has 0 radical (unpaired) electrons. The van der Waals surface area contributed by atoms with Crippen LogP contribution in [-0.4, -0.2) is 30.0 Å². The summed E-state index contributed by atoms with van der Waals surface area (Å²) in [6, 6.07) is 18.4. The highest BCUT2D eigenvalue weighted by Gasteiger charge is 2.38. The van der Waals surface area contributed by atoms with Crippen molar-refractivity contribution in [1.29, 1.82) is 5.26 Å². The molecule has 2 aliphatic rings. The third-order valence-electron chi connectivity index (χ3n) is 5.25. The summed E-state index contributed by atoms with van der Waals surface area (Å²) in [5.41, 5.74) is 3.94. The van der Waals surface area contributed by atoms with E-state index < -0.39 is 0 Å². The average Bonchev–Trinajstić information content (AvgIpc) is 2.74. The number of hydrogen-bond acceptors (Lipinski definition) is 5. The molecule has 148 valence electrons. The predicted molar refractivity (Wildman–Crippen MR) is 115 cm³/mol. The third kappa shape index (κ3) is 3.83. The van der Waals surface area contributed by atoms with Gasteiger partial charge in [0.05, 0.1) is 35.8 Å². The second kappa shape index (κ2) is 8.22. The van der Waals surface area contributed by atoms with Crippen LogP contribution in [0.5, 0.6) is 5.75 Å². The van der Waals surface area contributed by atoms with Crippen molar-refractivity contribution < 1.29 is 9.53 Å². The van der Waals surface area contributed by atoms with Gasteiger partial charge >= 0.3 is 0 Å². The Bertz CT molecular complexity index is 994. The Balaban J connectivity index is 1.62. The molecule has 0 spiro atoms. The average molecular weight is 406 g/mol. The van der Waals surface area contributed by atoms with Crippen LogP contribution >= 0.6 is 11.8 Å². The lowest BCUT2D eigenvalue weighted by atomic mass is 9.86. The number of hydrogen-bond donors (Lipinski definition) is 0. The highest BCUT2D eigenvalue weighted by molar-refractivity contribution is 8.03. The zero-order chi connectivity index (χ0) is 20.4. The number of nitriles is 1. The van der Waals surface area contributed by atoms with E-state index in [1.165, 1.54) is 5.56 Å². The zero-order valence-corrected chi connectivity index (χ0v) is 17.4. The molecule has 5 nitrogen and oxygen atoms in total. The van der Waals surface area contributed by atoms with E-state index in [2.05, 4.69) is 36.1 Å². The molecule has 29 heavy (non-hydrogen) atoms. The highest BCUT2D eigenvalue weighted by atomic mass is 32.2. The van der Waals surface area contributed by atoms with Crippen molar-refractivity contribution in [2.75, 3.05) is 24.1 Å². The normalized spacial score (nSPS) is 19.1. The van der Waals surface area contributed by atoms with E-state index in [9.17, 15) is 10.1 Å². The van der Waals surface area contributed by atoms with Crippen LogP contribution in [0.15, 0.2) is 59.1 Å². The Hall–Kier alpha value is -2.91. The number of nitrogens with zero attached hydrogens (tertiary/aromatic N) is 3. The summed E-state index contributed by atoms with van der Waals surface area (Å²) >= 11 is 1.57. The number of anilines is 1. The molecule has 2 aliphatic heterocycles. The molecule has 6 heteroatoms. The summed E-state index contributed by atoms with van der Waals surface area (Å²) in [6.07, 6.45) is 0.308. The maximum Gasteiger partial charge on any atom is 0.229 e. The molecule has 1 atom stereocenters. The van der Waals surface area contributed by atoms with Gasteiger partial charge in [0.25, 0.3) is 0 Å². The zero-order valence-electron chi connectivity index (χ0n) is 16.6. The van der Waals surface area contributed by atoms with Gasteiger partial charge in [0.2, 0.25) is 5.91 Å². The maximum absolute atomic E-state index is 13.0. The standard InChI is InChI=1S/C23H23N3O2S/c1-3-28-19-9-7-17(8-10-19)20-12-22(27)26-14-25(15-29-23(26)21(20)13-24)18-6-4-5-16(2)11-18/h4-11,20H,3,12,14-15H2,1-2H3/t20-/m1/s1. The smallest absolute Gasteiger partial charge is 0.229 e. The maximum atomic E-state index is 13.0. The molecular formula is C23H23N3O2S. The molecule has 1 amide bonds. The Morgan fingerprint density at radius 2 is 2.03 bits per heavy atom. The largest absolute Gasteiger partial charge is 0.494 e. The van der Waals surface area contributed by atoms with E-state index in [1.807, 2.05) is 37.3 Å². The van der Waals surface area contributed by atoms with E-state index >= 15 is 0 Å². The van der Waals surface area contributed by atoms with E-state index in [1.54, 1.807) is 16.7 Å². The number of thioether (sulfide) groups is 1. The minimum Gasteiger partial charge on any atom is -0.494 e. The van der Waals surface area contributed by atoms with Crippen LogP contribution in [0.1, 0.15) is 30.4 Å². The van der Waals surface area contributed by atoms with Crippen LogP contribution in [0.2, 0.25) is 0 Å². The first-order chi connectivity index (χ1) is 14.1. The van der Waals surface area contributed by atoms with Crippen LogP contribution in [-0.2, 0) is 4.79 Å². The summed E-state index contributed by atoms with van der Waals surface area (Å²) in [4.78, 5) is 16.9. The van der Waals surface area contributed by atoms with Crippen molar-refractivity contribution in [2.24, 2.45) is 0 Å². The Morgan fingerprint density at radius 1 is 1.24 bits per heavy atom. The fraction of sp³-hybridized carbons (Fsp3) is 0.304. The van der Waals surface area contributed by atoms with Crippen molar-refractivity contribution in [2.45, 2.75) is 26.2 Å². The molecule has 0 aromatic heterocycles. The van der Waals surface area contributed by atoms with Gasteiger partial charge in [-0.25, -0.2) is 0 Å². The summed E-state index contributed by atoms with van der Waals surface area (Å²) < 4.78 is 5.51. The van der Waals surface area contributed by atoms with Crippen molar-refractivity contribution in [3.63, 3.8) is 0 Å². The lowest BCUT2D eigenvalue weighted by molar-refractivity contribution is -0.129. The summed E-state index contributed by atoms with van der Waals surface area (Å²) in [6.45, 7) is 5.09. The Kier molecular flexibility index (Phi) is 5.50. The number of ether oxygens (including phenoxy) is 1. The van der Waals surface area contributed by atoms with Crippen molar-refractivity contribution >= 4 is 23.4 Å². The van der Waals surface area contributed by atoms with E-state index in [-0.39, 0.29) is 11.8 Å². The van der Waals surface area contributed by atoms with Crippen LogP contribution in [0.25, 0.3) is 0 Å². The van der Waals surface area contributed by atoms with Gasteiger partial charge < -0.3 is 9.64 Å². The van der Waals surface area contributed by atoms with Gasteiger partial charge in [0.15, 0.2) is 0 Å². The predicted octanol–water partition coefficient (Wildman–Crippen LogP) is 4.61. The number of fused-ring (bicyclic) bond motifs is 1. The number of carbonyl (C=O) groups is 1.